The maximum absolute atomic E-state index is 13.9. The Morgan fingerprint density at radius 2 is 2.27 bits per heavy atom. The van der Waals surface area contributed by atoms with E-state index in [1.807, 2.05) is 6.92 Å². The molecular formula is C16H15FN4O. The Morgan fingerprint density at radius 1 is 1.41 bits per heavy atom. The maximum atomic E-state index is 13.9. The first-order chi connectivity index (χ1) is 10.6. The fourth-order valence-corrected chi connectivity index (χ4v) is 3.05. The van der Waals surface area contributed by atoms with E-state index in [9.17, 15) is 9.18 Å². The Bertz CT molecular complexity index is 880. The summed E-state index contributed by atoms with van der Waals surface area (Å²) < 4.78 is 13.9. The Hall–Kier alpha value is -2.63. The van der Waals surface area contributed by atoms with Gasteiger partial charge < -0.3 is 14.9 Å². The van der Waals surface area contributed by atoms with Crippen LogP contribution in [-0.4, -0.2) is 32.3 Å². The first kappa shape index (κ1) is 13.1. The number of fused-ring (bicyclic) bond motifs is 3. The van der Waals surface area contributed by atoms with Gasteiger partial charge in [0.25, 0.3) is 5.91 Å². The number of nitrogens with one attached hydrogen (secondary N) is 2. The number of carbonyl (C=O) groups excluding carboxylic acids is 1. The lowest BCUT2D eigenvalue weighted by atomic mass is 10.0. The lowest BCUT2D eigenvalue weighted by Gasteiger charge is -2.26. The minimum absolute atomic E-state index is 0.0690. The van der Waals surface area contributed by atoms with Gasteiger partial charge in [-0.3, -0.25) is 4.79 Å². The van der Waals surface area contributed by atoms with Crippen LogP contribution in [0.5, 0.6) is 0 Å². The van der Waals surface area contributed by atoms with Crippen molar-refractivity contribution in [2.24, 2.45) is 0 Å². The smallest absolute Gasteiger partial charge is 0.256 e. The van der Waals surface area contributed by atoms with Crippen molar-refractivity contribution in [2.45, 2.75) is 19.9 Å². The number of aryl methyl sites for hydroxylation is 1. The molecule has 0 saturated heterocycles. The van der Waals surface area contributed by atoms with Crippen molar-refractivity contribution in [1.82, 2.24) is 19.9 Å². The predicted molar refractivity (Wildman–Crippen MR) is 80.0 cm³/mol. The van der Waals surface area contributed by atoms with E-state index in [1.54, 1.807) is 23.4 Å². The summed E-state index contributed by atoms with van der Waals surface area (Å²) in [6.45, 7) is 3.01. The van der Waals surface area contributed by atoms with Gasteiger partial charge in [0.15, 0.2) is 0 Å². The predicted octanol–water partition coefficient (Wildman–Crippen LogP) is 2.54. The van der Waals surface area contributed by atoms with Crippen molar-refractivity contribution < 1.29 is 9.18 Å². The number of rotatable bonds is 2. The average Bonchev–Trinajstić information content (AvgIpc) is 3.07. The van der Waals surface area contributed by atoms with Crippen LogP contribution in [0.3, 0.4) is 0 Å². The van der Waals surface area contributed by atoms with E-state index in [2.05, 4.69) is 15.0 Å². The third-order valence-corrected chi connectivity index (χ3v) is 4.27. The van der Waals surface area contributed by atoms with Gasteiger partial charge in [0.1, 0.15) is 5.82 Å². The van der Waals surface area contributed by atoms with E-state index < -0.39 is 0 Å². The Morgan fingerprint density at radius 3 is 3.05 bits per heavy atom. The second-order valence-corrected chi connectivity index (χ2v) is 5.59. The van der Waals surface area contributed by atoms with Gasteiger partial charge in [-0.2, -0.15) is 0 Å². The highest BCUT2D eigenvalue weighted by atomic mass is 19.1. The van der Waals surface area contributed by atoms with Gasteiger partial charge in [0.2, 0.25) is 0 Å². The van der Waals surface area contributed by atoms with Gasteiger partial charge in [0.05, 0.1) is 29.6 Å². The fraction of sp³-hybridized carbons (Fsp3) is 0.250. The summed E-state index contributed by atoms with van der Waals surface area (Å²) in [5, 5.41) is 0.656. The second-order valence-electron chi connectivity index (χ2n) is 5.59. The van der Waals surface area contributed by atoms with Crippen molar-refractivity contribution in [2.75, 3.05) is 6.54 Å². The Kier molecular flexibility index (Phi) is 2.79. The second kappa shape index (κ2) is 4.69. The number of aromatic amines is 2. The number of halogens is 1. The lowest BCUT2D eigenvalue weighted by Crippen LogP contribution is -2.37. The minimum atomic E-state index is -0.325. The van der Waals surface area contributed by atoms with Crippen LogP contribution >= 0.6 is 0 Å². The van der Waals surface area contributed by atoms with Crippen LogP contribution in [0.25, 0.3) is 10.9 Å². The molecule has 1 aliphatic heterocycles. The number of amides is 1. The highest BCUT2D eigenvalue weighted by Gasteiger charge is 2.29. The first-order valence-corrected chi connectivity index (χ1v) is 7.22. The molecule has 6 heteroatoms. The highest BCUT2D eigenvalue weighted by Crippen LogP contribution is 2.29. The quantitative estimate of drug-likeness (QED) is 0.763. The number of hydrogen-bond acceptors (Lipinski definition) is 2. The molecule has 112 valence electrons. The van der Waals surface area contributed by atoms with Gasteiger partial charge in [-0.05, 0) is 13.0 Å². The zero-order valence-electron chi connectivity index (χ0n) is 12.1. The third-order valence-electron chi connectivity index (χ3n) is 4.27. The molecule has 0 saturated carbocycles. The summed E-state index contributed by atoms with van der Waals surface area (Å²) >= 11 is 0. The molecule has 0 unspecified atom stereocenters. The molecule has 5 nitrogen and oxygen atoms in total. The number of para-hydroxylation sites is 1. The van der Waals surface area contributed by atoms with Crippen LogP contribution in [0.4, 0.5) is 4.39 Å². The summed E-state index contributed by atoms with van der Waals surface area (Å²) in [6, 6.07) is 4.82. The molecule has 0 aliphatic carbocycles. The average molecular weight is 298 g/mol. The number of benzene rings is 1. The number of carbonyl (C=O) groups is 1. The van der Waals surface area contributed by atoms with Gasteiger partial charge in [-0.1, -0.05) is 12.1 Å². The molecule has 2 aromatic heterocycles. The summed E-state index contributed by atoms with van der Waals surface area (Å²) in [5.41, 5.74) is 3.65. The van der Waals surface area contributed by atoms with Crippen LogP contribution < -0.4 is 0 Å². The van der Waals surface area contributed by atoms with Crippen LogP contribution in [0.15, 0.2) is 24.5 Å². The zero-order chi connectivity index (χ0) is 15.3. The van der Waals surface area contributed by atoms with Gasteiger partial charge in [-0.25, -0.2) is 9.37 Å². The molecular weight excluding hydrogens is 283 g/mol. The monoisotopic (exact) mass is 298 g/mol. The molecule has 4 rings (SSSR count). The summed E-state index contributed by atoms with van der Waals surface area (Å²) in [4.78, 5) is 24.9. The van der Waals surface area contributed by atoms with E-state index in [-0.39, 0.29) is 11.7 Å². The molecule has 22 heavy (non-hydrogen) atoms. The molecule has 3 heterocycles. The normalized spacial score (nSPS) is 14.6. The molecule has 0 bridgehead atoms. The van der Waals surface area contributed by atoms with E-state index in [0.717, 1.165) is 17.1 Å². The molecule has 1 aliphatic rings. The maximum Gasteiger partial charge on any atom is 0.256 e. The molecule has 2 N–H and O–H groups in total. The van der Waals surface area contributed by atoms with Crippen molar-refractivity contribution in [3.8, 4) is 0 Å². The number of nitrogens with zero attached hydrogens (tertiary/aromatic N) is 2. The highest BCUT2D eigenvalue weighted by molar-refractivity contribution is 6.09. The van der Waals surface area contributed by atoms with Crippen LogP contribution in [0, 0.1) is 12.7 Å². The Labute approximate surface area is 126 Å². The van der Waals surface area contributed by atoms with E-state index >= 15 is 0 Å². The fourth-order valence-electron chi connectivity index (χ4n) is 3.05. The molecule has 0 atom stereocenters. The Balaban J connectivity index is 1.75. The first-order valence-electron chi connectivity index (χ1n) is 7.22. The van der Waals surface area contributed by atoms with Gasteiger partial charge >= 0.3 is 0 Å². The van der Waals surface area contributed by atoms with E-state index in [0.29, 0.717) is 36.0 Å². The number of H-pyrrole nitrogens is 2. The van der Waals surface area contributed by atoms with Crippen molar-refractivity contribution in [3.05, 3.63) is 53.0 Å². The van der Waals surface area contributed by atoms with Gasteiger partial charge in [-0.15, -0.1) is 0 Å². The zero-order valence-corrected chi connectivity index (χ0v) is 12.1. The summed E-state index contributed by atoms with van der Waals surface area (Å²) in [7, 11) is 0. The van der Waals surface area contributed by atoms with E-state index in [1.165, 1.54) is 6.07 Å². The molecule has 3 aromatic rings. The van der Waals surface area contributed by atoms with Gasteiger partial charge in [0, 0.05) is 29.7 Å². The van der Waals surface area contributed by atoms with Crippen LogP contribution in [-0.2, 0) is 13.0 Å². The largest absolute Gasteiger partial charge is 0.355 e. The minimum Gasteiger partial charge on any atom is -0.355 e. The summed E-state index contributed by atoms with van der Waals surface area (Å²) in [6.07, 6.45) is 2.32. The van der Waals surface area contributed by atoms with Crippen LogP contribution in [0.1, 0.15) is 27.4 Å². The number of aromatic nitrogens is 3. The molecule has 0 radical (unpaired) electrons. The van der Waals surface area contributed by atoms with Crippen molar-refractivity contribution in [3.63, 3.8) is 0 Å². The lowest BCUT2D eigenvalue weighted by molar-refractivity contribution is 0.0726. The van der Waals surface area contributed by atoms with E-state index in [4.69, 9.17) is 0 Å². The van der Waals surface area contributed by atoms with Crippen molar-refractivity contribution in [1.29, 1.82) is 0 Å². The molecule has 1 amide bonds. The summed E-state index contributed by atoms with van der Waals surface area (Å²) in [5.74, 6) is -0.394. The topological polar surface area (TPSA) is 64.8 Å². The standard InChI is InChI=1S/C16H15FN4O/c1-9-13(19-8-18-9)7-21-6-5-12-14(16(21)22)10-3-2-4-11(17)15(10)20-12/h2-4,8,20H,5-7H2,1H3,(H,18,19). The van der Waals surface area contributed by atoms with Crippen molar-refractivity contribution >= 4 is 16.8 Å². The number of imidazole rings is 1. The molecule has 0 spiro atoms. The third kappa shape index (κ3) is 1.83. The number of hydrogen-bond donors (Lipinski definition) is 2. The van der Waals surface area contributed by atoms with Crippen LogP contribution in [0.2, 0.25) is 0 Å². The molecule has 1 aromatic carbocycles. The molecule has 0 fully saturated rings. The SMILES string of the molecule is Cc1[nH]cnc1CN1CCc2[nH]c3c(F)cccc3c2C1=O.